The van der Waals surface area contributed by atoms with Gasteiger partial charge in [0.15, 0.2) is 0 Å². The molecule has 0 aromatic heterocycles. The molecule has 0 bridgehead atoms. The van der Waals surface area contributed by atoms with Gasteiger partial charge in [-0.2, -0.15) is 0 Å². The summed E-state index contributed by atoms with van der Waals surface area (Å²) >= 11 is 0. The molecule has 0 unspecified atom stereocenters. The Bertz CT molecular complexity index is 1450. The van der Waals surface area contributed by atoms with Crippen LogP contribution >= 0.6 is 7.26 Å². The van der Waals surface area contributed by atoms with Crippen LogP contribution in [0.1, 0.15) is 129 Å². The fraction of sp³-hybridized carbons (Fsp3) is 0.489. The van der Waals surface area contributed by atoms with Gasteiger partial charge in [0, 0.05) is 11.1 Å². The molecule has 0 spiro atoms. The molecule has 0 aliphatic heterocycles. The number of allylic oxidation sites excluding steroid dienone is 2. The van der Waals surface area contributed by atoms with Crippen LogP contribution in [0.5, 0.6) is 0 Å². The summed E-state index contributed by atoms with van der Waals surface area (Å²) in [7, 11) is 0.737. The van der Waals surface area contributed by atoms with Gasteiger partial charge in [-0.3, -0.25) is 9.59 Å². The molecule has 5 heteroatoms. The number of ketones is 2. The molecule has 0 fully saturated rings. The van der Waals surface area contributed by atoms with Crippen LogP contribution in [0.15, 0.2) is 114 Å². The van der Waals surface area contributed by atoms with E-state index in [1.165, 1.54) is 139 Å². The average Bonchev–Trinajstić information content (AvgIpc) is 3.19. The summed E-state index contributed by atoms with van der Waals surface area (Å²) in [5, 5.41) is 4.58. The van der Waals surface area contributed by atoms with E-state index in [4.69, 9.17) is 9.47 Å². The van der Waals surface area contributed by atoms with Crippen molar-refractivity contribution in [3.63, 3.8) is 0 Å². The molecule has 0 amide bonds. The Kier molecular flexibility index (Phi) is 18.4. The number of ether oxygens (including phenoxy) is 2. The molecule has 3 aromatic carbocycles. The Morgan fingerprint density at radius 2 is 0.731 bits per heavy atom. The zero-order valence-electron chi connectivity index (χ0n) is 32.4. The second-order valence-corrected chi connectivity index (χ2v) is 18.7. The van der Waals surface area contributed by atoms with E-state index in [0.717, 1.165) is 12.8 Å². The first kappa shape index (κ1) is 41.3. The van der Waals surface area contributed by atoms with E-state index in [2.05, 4.69) is 91.0 Å². The standard InChI is InChI=1S/C47H65O4P/c1-39-43(45(49)47(51-3)46(50-2)44(39)48)37-29-18-16-14-12-10-8-6-4-5-7-9-11-13-15-17-19-30-38-52(40-31-23-20-24-32-40,41-33-25-21-26-34-41)42-35-27-22-28-36-42/h20-28,31-36,52H,4-19,29-30,37-38H2,1-3H3. The Hall–Kier alpha value is -3.49. The first-order valence-corrected chi connectivity index (χ1v) is 22.5. The number of carbonyl (C=O) groups excluding carboxylic acids is 2. The van der Waals surface area contributed by atoms with Crippen molar-refractivity contribution in [2.75, 3.05) is 20.4 Å². The predicted molar refractivity (Wildman–Crippen MR) is 223 cm³/mol. The third-order valence-electron chi connectivity index (χ3n) is 11.1. The molecule has 52 heavy (non-hydrogen) atoms. The summed E-state index contributed by atoms with van der Waals surface area (Å²) in [5.41, 5.74) is 1.09. The van der Waals surface area contributed by atoms with Gasteiger partial charge >= 0.3 is 191 Å². The van der Waals surface area contributed by atoms with Gasteiger partial charge in [-0.15, -0.1) is 0 Å². The SMILES string of the molecule is COC1=C(OC)C(=O)C(CCCCCCCCCCCCCCCCCCCC[PH](c2ccccc2)(c2ccccc2)c2ccccc2)=C(C)C1=O. The van der Waals surface area contributed by atoms with Gasteiger partial charge in [0.2, 0.25) is 23.1 Å². The normalized spacial score (nSPS) is 13.9. The van der Waals surface area contributed by atoms with Crippen molar-refractivity contribution in [3.8, 4) is 0 Å². The summed E-state index contributed by atoms with van der Waals surface area (Å²) in [6.45, 7) is 1.72. The van der Waals surface area contributed by atoms with Crippen LogP contribution < -0.4 is 15.9 Å². The summed E-state index contributed by atoms with van der Waals surface area (Å²) in [6.07, 6.45) is 25.3. The van der Waals surface area contributed by atoms with E-state index in [9.17, 15) is 9.59 Å². The fourth-order valence-corrected chi connectivity index (χ4v) is 13.0. The zero-order valence-corrected chi connectivity index (χ0v) is 33.4. The van der Waals surface area contributed by atoms with Crippen LogP contribution in [0, 0.1) is 0 Å². The summed E-state index contributed by atoms with van der Waals surface area (Å²) in [4.78, 5) is 25.3. The minimum absolute atomic E-state index is 0.0252. The van der Waals surface area contributed by atoms with E-state index >= 15 is 0 Å². The molecular formula is C47H65O4P. The topological polar surface area (TPSA) is 52.6 Å². The first-order valence-electron chi connectivity index (χ1n) is 20.3. The molecule has 0 N–H and O–H groups in total. The molecule has 1 aliphatic carbocycles. The fourth-order valence-electron chi connectivity index (χ4n) is 8.11. The molecule has 0 radical (unpaired) electrons. The van der Waals surface area contributed by atoms with Crippen molar-refractivity contribution in [2.45, 2.75) is 129 Å². The second-order valence-electron chi connectivity index (χ2n) is 14.7. The number of benzene rings is 3. The molecule has 0 heterocycles. The number of rotatable bonds is 26. The monoisotopic (exact) mass is 724 g/mol. The molecule has 4 rings (SSSR count). The summed E-state index contributed by atoms with van der Waals surface area (Å²) in [5.74, 6) is -0.368. The van der Waals surface area contributed by atoms with E-state index < -0.39 is 7.26 Å². The summed E-state index contributed by atoms with van der Waals surface area (Å²) < 4.78 is 10.3. The van der Waals surface area contributed by atoms with Crippen LogP contribution in [0.2, 0.25) is 0 Å². The minimum Gasteiger partial charge on any atom is -0.285 e. The van der Waals surface area contributed by atoms with Gasteiger partial charge in [0.1, 0.15) is 0 Å². The molecule has 282 valence electrons. The van der Waals surface area contributed by atoms with E-state index in [-0.39, 0.29) is 23.1 Å². The van der Waals surface area contributed by atoms with Crippen LogP contribution in [0.3, 0.4) is 0 Å². The van der Waals surface area contributed by atoms with Gasteiger partial charge in [0.05, 0.1) is 14.2 Å². The molecule has 0 saturated heterocycles. The third kappa shape index (κ3) is 11.8. The van der Waals surface area contributed by atoms with Crippen LogP contribution in [0.25, 0.3) is 0 Å². The average molecular weight is 725 g/mol. The Labute approximate surface area is 315 Å². The van der Waals surface area contributed by atoms with Crippen molar-refractivity contribution in [1.82, 2.24) is 0 Å². The van der Waals surface area contributed by atoms with E-state index in [0.29, 0.717) is 17.6 Å². The van der Waals surface area contributed by atoms with Gasteiger partial charge in [0.25, 0.3) is 0 Å². The van der Waals surface area contributed by atoms with Crippen molar-refractivity contribution in [1.29, 1.82) is 0 Å². The molecule has 1 aliphatic rings. The minimum atomic E-state index is -2.08. The molecule has 3 aromatic rings. The van der Waals surface area contributed by atoms with Crippen LogP contribution in [-0.2, 0) is 19.1 Å². The van der Waals surface area contributed by atoms with Crippen LogP contribution in [0.4, 0.5) is 0 Å². The number of unbranched alkanes of at least 4 members (excludes halogenated alkanes) is 17. The molecule has 0 saturated carbocycles. The van der Waals surface area contributed by atoms with Gasteiger partial charge < -0.3 is 9.47 Å². The number of hydrogen-bond donors (Lipinski definition) is 0. The predicted octanol–water partition coefficient (Wildman–Crippen LogP) is 11.1. The molecule has 0 atom stereocenters. The molecular weight excluding hydrogens is 659 g/mol. The number of Topliss-reactive ketones (excluding diaryl/α,β-unsaturated/α-hetero) is 2. The van der Waals surface area contributed by atoms with Gasteiger partial charge in [-0.1, -0.05) is 38.5 Å². The van der Waals surface area contributed by atoms with Crippen molar-refractivity contribution in [3.05, 3.63) is 114 Å². The third-order valence-corrected chi connectivity index (χ3v) is 16.2. The number of hydrogen-bond acceptors (Lipinski definition) is 4. The van der Waals surface area contributed by atoms with Crippen molar-refractivity contribution in [2.24, 2.45) is 0 Å². The second kappa shape index (κ2) is 23.2. The first-order chi connectivity index (χ1) is 25.5. The quantitative estimate of drug-likeness (QED) is 0.0470. The Morgan fingerprint density at radius 1 is 0.423 bits per heavy atom. The summed E-state index contributed by atoms with van der Waals surface area (Å²) in [6, 6.07) is 34.0. The van der Waals surface area contributed by atoms with Gasteiger partial charge in [-0.25, -0.2) is 0 Å². The largest absolute Gasteiger partial charge is 0.285 e. The Balaban J connectivity index is 0.999. The number of carbonyl (C=O) groups is 2. The maximum absolute atomic E-state index is 12.8. The maximum atomic E-state index is 12.8. The van der Waals surface area contributed by atoms with E-state index in [1.54, 1.807) is 6.92 Å². The smallest absolute Gasteiger partial charge is 0.227 e. The Morgan fingerprint density at radius 3 is 1.08 bits per heavy atom. The molecule has 4 nitrogen and oxygen atoms in total. The van der Waals surface area contributed by atoms with Crippen molar-refractivity contribution >= 4 is 34.7 Å². The zero-order chi connectivity index (χ0) is 36.9. The number of methoxy groups -OCH3 is 2. The van der Waals surface area contributed by atoms with Crippen molar-refractivity contribution < 1.29 is 19.1 Å². The van der Waals surface area contributed by atoms with Crippen LogP contribution in [-0.4, -0.2) is 31.9 Å². The van der Waals surface area contributed by atoms with Gasteiger partial charge in [-0.05, 0) is 19.8 Å². The van der Waals surface area contributed by atoms with E-state index in [1.807, 2.05) is 0 Å². The maximum Gasteiger partial charge on any atom is 0.227 e.